The van der Waals surface area contributed by atoms with Crippen LogP contribution in [0.1, 0.15) is 127 Å². The van der Waals surface area contributed by atoms with Crippen LogP contribution in [-0.4, -0.2) is 60.1 Å². The molecule has 0 aromatic heterocycles. The van der Waals surface area contributed by atoms with Gasteiger partial charge in [0.25, 0.3) is 0 Å². The molecule has 8 heteroatoms. The number of carbonyl (C=O) groups is 4. The van der Waals surface area contributed by atoms with Crippen molar-refractivity contribution >= 4 is 23.3 Å². The molecule has 0 saturated carbocycles. The lowest BCUT2D eigenvalue weighted by Crippen LogP contribution is -2.55. The first kappa shape index (κ1) is 40.2. The fraction of sp³-hybridized carbons (Fsp3) is 0.682. The first-order valence-corrected chi connectivity index (χ1v) is 19.4. The normalized spacial score (nSPS) is 39.5. The maximum Gasteiger partial charge on any atom is 0.313 e. The Morgan fingerprint density at radius 2 is 1.63 bits per heavy atom. The first-order chi connectivity index (χ1) is 24.3. The van der Waals surface area contributed by atoms with Crippen LogP contribution in [-0.2, 0) is 38.1 Å². The van der Waals surface area contributed by atoms with Gasteiger partial charge in [-0.2, -0.15) is 0 Å². The molecular formula is C44H62O8. The SMILES string of the molecule is COC(=O)[C@]12CC(=O)[C@H](C(C)C)CC(=O)/C(C)=C/CC/C(C)=C\C(=O)[C@H]1CC(C)=C1C[C@@H]3OC(C)(C)O[C@]3(C)[C@H]3CC=C(C)[C@H](CC/C(C)=C/[C@@H]12)O3. The van der Waals surface area contributed by atoms with Crippen LogP contribution in [0.3, 0.4) is 0 Å². The number of hydrogen-bond acceptors (Lipinski definition) is 8. The number of Topliss-reactive ketones (excluding diaryl/α,β-unsaturated/α-hetero) is 2. The summed E-state index contributed by atoms with van der Waals surface area (Å²) in [6.45, 7) is 19.8. The lowest BCUT2D eigenvalue weighted by molar-refractivity contribution is -0.194. The highest BCUT2D eigenvalue weighted by Gasteiger charge is 2.61. The van der Waals surface area contributed by atoms with Crippen LogP contribution in [0.4, 0.5) is 0 Å². The molecule has 3 aliphatic heterocycles. The van der Waals surface area contributed by atoms with Crippen LogP contribution in [0.15, 0.2) is 57.7 Å². The minimum atomic E-state index is -1.54. The van der Waals surface area contributed by atoms with Crippen LogP contribution in [0, 0.1) is 29.1 Å². The number of allylic oxidation sites excluding steroid dienone is 7. The molecule has 1 fully saturated rings. The largest absolute Gasteiger partial charge is 0.469 e. The Labute approximate surface area is 311 Å². The van der Waals surface area contributed by atoms with Crippen LogP contribution in [0.25, 0.3) is 0 Å². The number of esters is 1. The summed E-state index contributed by atoms with van der Waals surface area (Å²) < 4.78 is 26.0. The fourth-order valence-corrected chi connectivity index (χ4v) is 9.60. The predicted molar refractivity (Wildman–Crippen MR) is 201 cm³/mol. The third kappa shape index (κ3) is 7.81. The quantitative estimate of drug-likeness (QED) is 0.206. The minimum Gasteiger partial charge on any atom is -0.469 e. The summed E-state index contributed by atoms with van der Waals surface area (Å²) in [7, 11) is 1.35. The van der Waals surface area contributed by atoms with E-state index in [1.54, 1.807) is 13.0 Å². The highest BCUT2D eigenvalue weighted by Crippen LogP contribution is 2.57. The second kappa shape index (κ2) is 15.4. The molecule has 1 saturated heterocycles. The molecular weight excluding hydrogens is 656 g/mol. The highest BCUT2D eigenvalue weighted by molar-refractivity contribution is 6.02. The Morgan fingerprint density at radius 3 is 2.31 bits per heavy atom. The number of methoxy groups -OCH3 is 1. The van der Waals surface area contributed by atoms with Gasteiger partial charge in [-0.25, -0.2) is 0 Å². The molecule has 5 aliphatic rings. The zero-order chi connectivity index (χ0) is 38.3. The zero-order valence-corrected chi connectivity index (χ0v) is 33.5. The molecule has 0 aromatic carbocycles. The van der Waals surface area contributed by atoms with E-state index in [2.05, 4.69) is 39.8 Å². The lowest BCUT2D eigenvalue weighted by atomic mass is 9.53. The fourth-order valence-electron chi connectivity index (χ4n) is 9.60. The summed E-state index contributed by atoms with van der Waals surface area (Å²) in [5, 5.41) is 0. The molecule has 0 radical (unpaired) electrons. The van der Waals surface area contributed by atoms with Gasteiger partial charge in [-0.15, -0.1) is 0 Å². The van der Waals surface area contributed by atoms with E-state index in [-0.39, 0.29) is 48.3 Å². The Bertz CT molecular complexity index is 1620. The van der Waals surface area contributed by atoms with Crippen LogP contribution < -0.4 is 0 Å². The van der Waals surface area contributed by atoms with Crippen molar-refractivity contribution in [3.05, 3.63) is 57.7 Å². The molecule has 52 heavy (non-hydrogen) atoms. The van der Waals surface area contributed by atoms with Crippen molar-refractivity contribution in [1.82, 2.24) is 0 Å². The van der Waals surface area contributed by atoms with Crippen LogP contribution in [0.5, 0.6) is 0 Å². The third-order valence-corrected chi connectivity index (χ3v) is 12.7. The molecule has 0 N–H and O–H groups in total. The van der Waals surface area contributed by atoms with Gasteiger partial charge in [0.2, 0.25) is 0 Å². The summed E-state index contributed by atoms with van der Waals surface area (Å²) in [5.41, 5.74) is 3.34. The van der Waals surface area contributed by atoms with Crippen molar-refractivity contribution in [3.8, 4) is 0 Å². The van der Waals surface area contributed by atoms with Gasteiger partial charge in [0.1, 0.15) is 11.4 Å². The van der Waals surface area contributed by atoms with Gasteiger partial charge in [-0.3, -0.25) is 19.2 Å². The number of rotatable bonds is 2. The smallest absolute Gasteiger partial charge is 0.313 e. The molecule has 0 spiro atoms. The summed E-state index contributed by atoms with van der Waals surface area (Å²) >= 11 is 0. The predicted octanol–water partition coefficient (Wildman–Crippen LogP) is 8.69. The molecule has 8 nitrogen and oxygen atoms in total. The Kier molecular flexibility index (Phi) is 11.9. The minimum absolute atomic E-state index is 0.0567. The van der Waals surface area contributed by atoms with Gasteiger partial charge >= 0.3 is 5.97 Å². The third-order valence-electron chi connectivity index (χ3n) is 12.7. The van der Waals surface area contributed by atoms with Crippen LogP contribution in [0.2, 0.25) is 0 Å². The number of ether oxygens (including phenoxy) is 4. The molecule has 3 heterocycles. The molecule has 2 aliphatic carbocycles. The van der Waals surface area contributed by atoms with Crippen molar-refractivity contribution in [1.29, 1.82) is 0 Å². The molecule has 286 valence electrons. The van der Waals surface area contributed by atoms with Gasteiger partial charge in [0.05, 0.1) is 30.8 Å². The molecule has 5 rings (SSSR count). The average Bonchev–Trinajstić information content (AvgIpc) is 3.31. The molecule has 2 bridgehead atoms. The summed E-state index contributed by atoms with van der Waals surface area (Å²) in [5.74, 6) is -4.13. The lowest BCUT2D eigenvalue weighted by Gasteiger charge is -2.49. The number of fused-ring (bicyclic) bond motifs is 7. The Balaban J connectivity index is 1.77. The summed E-state index contributed by atoms with van der Waals surface area (Å²) in [6.07, 6.45) is 11.1. The van der Waals surface area contributed by atoms with Gasteiger partial charge in [0, 0.05) is 30.6 Å². The van der Waals surface area contributed by atoms with Crippen molar-refractivity contribution in [2.45, 2.75) is 157 Å². The molecule has 8 atom stereocenters. The van der Waals surface area contributed by atoms with E-state index >= 15 is 0 Å². The van der Waals surface area contributed by atoms with Crippen molar-refractivity contribution in [2.24, 2.45) is 29.1 Å². The second-order valence-electron chi connectivity index (χ2n) is 17.4. The van der Waals surface area contributed by atoms with Crippen molar-refractivity contribution < 1.29 is 38.1 Å². The zero-order valence-electron chi connectivity index (χ0n) is 33.5. The number of hydrogen-bond donors (Lipinski definition) is 0. The molecule has 0 amide bonds. The van der Waals surface area contributed by atoms with Gasteiger partial charge < -0.3 is 18.9 Å². The maximum absolute atomic E-state index is 14.8. The van der Waals surface area contributed by atoms with Gasteiger partial charge in [-0.1, -0.05) is 54.4 Å². The van der Waals surface area contributed by atoms with Gasteiger partial charge in [-0.05, 0) is 123 Å². The Hall–Kier alpha value is -2.94. The van der Waals surface area contributed by atoms with E-state index in [0.717, 1.165) is 28.7 Å². The van der Waals surface area contributed by atoms with Gasteiger partial charge in [0.15, 0.2) is 17.4 Å². The highest BCUT2D eigenvalue weighted by atomic mass is 16.8. The Morgan fingerprint density at radius 1 is 0.923 bits per heavy atom. The summed E-state index contributed by atoms with van der Waals surface area (Å²) in [4.78, 5) is 57.8. The average molecular weight is 719 g/mol. The number of carbonyl (C=O) groups excluding carboxylic acids is 4. The van der Waals surface area contributed by atoms with E-state index in [9.17, 15) is 19.2 Å². The maximum atomic E-state index is 14.8. The van der Waals surface area contributed by atoms with E-state index in [0.29, 0.717) is 44.1 Å². The molecule has 0 unspecified atom stereocenters. The second-order valence-corrected chi connectivity index (χ2v) is 17.4. The van der Waals surface area contributed by atoms with E-state index in [4.69, 9.17) is 18.9 Å². The molecule has 0 aromatic rings. The van der Waals surface area contributed by atoms with E-state index in [1.165, 1.54) is 12.7 Å². The monoisotopic (exact) mass is 718 g/mol. The number of ketones is 3. The summed E-state index contributed by atoms with van der Waals surface area (Å²) in [6, 6.07) is 0. The first-order valence-electron chi connectivity index (χ1n) is 19.4. The van der Waals surface area contributed by atoms with E-state index < -0.39 is 46.6 Å². The van der Waals surface area contributed by atoms with E-state index in [1.807, 2.05) is 40.7 Å². The van der Waals surface area contributed by atoms with Crippen molar-refractivity contribution in [3.63, 3.8) is 0 Å². The van der Waals surface area contributed by atoms with Crippen molar-refractivity contribution in [2.75, 3.05) is 7.11 Å². The van der Waals surface area contributed by atoms with Crippen LogP contribution >= 0.6 is 0 Å². The topological polar surface area (TPSA) is 105 Å². The standard InChI is InChI=1S/C44H62O8/c1-25(2)31-22-35(45)28(5)14-12-13-26(3)20-36(46)34-21-30(7)32-23-40-43(10,52-42(8,9)51-40)39-18-16-29(6)38(50-39)17-15-27(4)19-33(32)44(34,24-37(31)47)41(48)49-11/h14,16,19-20,25,31,33-34,38-40H,12-13,15,17-18,21-24H2,1-11H3/b26-20-,27-19+,28-14+/t31-,33-,34+,38-,39+,40-,43+,44-/m0/s1.